The zero-order chi connectivity index (χ0) is 30.4. The van der Waals surface area contributed by atoms with Crippen LogP contribution in [-0.4, -0.2) is 40.1 Å². The van der Waals surface area contributed by atoms with Crippen molar-refractivity contribution < 1.29 is 13.9 Å². The molecule has 1 fully saturated rings. The van der Waals surface area contributed by atoms with Crippen molar-refractivity contribution in [3.05, 3.63) is 95.8 Å². The Kier molecular flexibility index (Phi) is 8.87. The molecule has 0 aliphatic heterocycles. The van der Waals surface area contributed by atoms with Gasteiger partial charge in [0.05, 0.1) is 13.3 Å². The van der Waals surface area contributed by atoms with Gasteiger partial charge in [-0.2, -0.15) is 4.98 Å². The van der Waals surface area contributed by atoms with Crippen LogP contribution in [0.4, 0.5) is 6.01 Å². The van der Waals surface area contributed by atoms with Crippen LogP contribution in [0.15, 0.2) is 77.7 Å². The van der Waals surface area contributed by atoms with Crippen LogP contribution in [0, 0.1) is 0 Å². The van der Waals surface area contributed by atoms with Gasteiger partial charge in [0.1, 0.15) is 23.2 Å². The van der Waals surface area contributed by atoms with Crippen LogP contribution in [0.2, 0.25) is 0 Å². The highest BCUT2D eigenvalue weighted by molar-refractivity contribution is 5.89. The first-order valence-electron chi connectivity index (χ1n) is 15.9. The van der Waals surface area contributed by atoms with Gasteiger partial charge in [0, 0.05) is 47.9 Å². The van der Waals surface area contributed by atoms with Gasteiger partial charge in [0.15, 0.2) is 0 Å². The Morgan fingerprint density at radius 3 is 2.70 bits per heavy atom. The summed E-state index contributed by atoms with van der Waals surface area (Å²) in [5.41, 5.74) is 5.15. The second-order valence-electron chi connectivity index (χ2n) is 12.5. The predicted octanol–water partition coefficient (Wildman–Crippen LogP) is 6.94. The molecule has 3 aromatic heterocycles. The number of carbonyl (C=O) groups is 1. The van der Waals surface area contributed by atoms with Gasteiger partial charge in [-0.25, -0.2) is 0 Å². The van der Waals surface area contributed by atoms with Crippen LogP contribution in [0.25, 0.3) is 11.3 Å². The van der Waals surface area contributed by atoms with E-state index in [9.17, 15) is 4.79 Å². The first-order chi connectivity index (χ1) is 21.5. The number of methoxy groups -OCH3 is 1. The van der Waals surface area contributed by atoms with Crippen molar-refractivity contribution in [2.45, 2.75) is 82.1 Å². The lowest BCUT2D eigenvalue weighted by Gasteiger charge is -2.38. The van der Waals surface area contributed by atoms with E-state index in [1.54, 1.807) is 19.6 Å². The molecular weight excluding hydrogens is 550 g/mol. The van der Waals surface area contributed by atoms with Crippen LogP contribution < -0.4 is 15.4 Å². The fourth-order valence-electron chi connectivity index (χ4n) is 6.79. The Morgan fingerprint density at radius 1 is 1.09 bits per heavy atom. The maximum atomic E-state index is 14.4. The van der Waals surface area contributed by atoms with Gasteiger partial charge in [0.25, 0.3) is 6.01 Å². The molecule has 1 atom stereocenters. The summed E-state index contributed by atoms with van der Waals surface area (Å²) < 4.78 is 11.3. The van der Waals surface area contributed by atoms with Crippen molar-refractivity contribution in [2.75, 3.05) is 19.0 Å². The maximum Gasteiger partial charge on any atom is 0.295 e. The number of oxazole rings is 1. The highest BCUT2D eigenvalue weighted by Crippen LogP contribution is 2.39. The average Bonchev–Trinajstić information content (AvgIpc) is 3.66. The first kappa shape index (κ1) is 29.7. The number of allylic oxidation sites excluding steroid dienone is 2. The molecule has 0 bridgehead atoms. The number of carbonyl (C=O) groups excluding carboxylic acids is 1. The van der Waals surface area contributed by atoms with E-state index in [0.29, 0.717) is 19.0 Å². The van der Waals surface area contributed by atoms with Crippen LogP contribution >= 0.6 is 0 Å². The molecule has 1 amide bonds. The minimum absolute atomic E-state index is 0.0869. The van der Waals surface area contributed by atoms with E-state index in [0.717, 1.165) is 79.6 Å². The molecule has 2 aliphatic carbocycles. The molecule has 0 saturated heterocycles. The van der Waals surface area contributed by atoms with E-state index >= 15 is 0 Å². The second kappa shape index (κ2) is 13.1. The number of aromatic amines is 1. The fraction of sp³-hybridized carbons (Fsp3) is 0.417. The van der Waals surface area contributed by atoms with E-state index < -0.39 is 5.54 Å². The Hall–Kier alpha value is -4.33. The normalized spacial score (nSPS) is 18.2. The fourth-order valence-corrected chi connectivity index (χ4v) is 6.79. The molecule has 0 radical (unpaired) electrons. The van der Waals surface area contributed by atoms with E-state index in [1.807, 2.05) is 43.3 Å². The SMILES string of the molecule is COc1ccc(C2(CNC(=O)[C@](C)(Cc3c[nH]c4c3CCC/C=C\C4)Nc3nc(-c4ccccc4)co3)CCCCC2)nc1. The largest absolute Gasteiger partial charge is 0.495 e. The molecule has 3 heterocycles. The van der Waals surface area contributed by atoms with Crippen LogP contribution in [0.1, 0.15) is 74.4 Å². The summed E-state index contributed by atoms with van der Waals surface area (Å²) >= 11 is 0. The summed E-state index contributed by atoms with van der Waals surface area (Å²) in [4.78, 5) is 27.4. The quantitative estimate of drug-likeness (QED) is 0.172. The molecule has 0 spiro atoms. The molecular formula is C36H43N5O3. The van der Waals surface area contributed by atoms with Crippen molar-refractivity contribution in [3.8, 4) is 17.0 Å². The summed E-state index contributed by atoms with van der Waals surface area (Å²) in [6.07, 6.45) is 19.9. The standard InChI is InChI=1S/C36H43N5O3/c1-35(21-27-22-37-30-16-10-4-3-9-15-29(27)30,41-34-40-31(24-44-34)26-13-7-5-8-14-26)33(42)39-25-36(19-11-6-12-20-36)32-18-17-28(43-2)23-38-32/h4-5,7-8,10,13-14,17-18,22-24,37H,3,6,9,11-12,15-16,19-21,25H2,1-2H3,(H,39,42)(H,40,41)/b10-4-/t35-/m0/s1. The van der Waals surface area contributed by atoms with Crippen LogP contribution in [0.3, 0.4) is 0 Å². The van der Waals surface area contributed by atoms with Crippen molar-refractivity contribution >= 4 is 11.9 Å². The van der Waals surface area contributed by atoms with Gasteiger partial charge < -0.3 is 24.8 Å². The molecule has 4 aromatic rings. The van der Waals surface area contributed by atoms with E-state index in [1.165, 1.54) is 17.7 Å². The monoisotopic (exact) mass is 593 g/mol. The Morgan fingerprint density at radius 2 is 1.93 bits per heavy atom. The molecule has 44 heavy (non-hydrogen) atoms. The number of nitrogens with one attached hydrogen (secondary N) is 3. The summed E-state index contributed by atoms with van der Waals surface area (Å²) in [7, 11) is 1.65. The topological polar surface area (TPSA) is 105 Å². The lowest BCUT2D eigenvalue weighted by molar-refractivity contribution is -0.125. The molecule has 8 heteroatoms. The van der Waals surface area contributed by atoms with Crippen molar-refractivity contribution in [1.29, 1.82) is 0 Å². The third-order valence-electron chi connectivity index (χ3n) is 9.37. The molecule has 230 valence electrons. The van der Waals surface area contributed by atoms with E-state index in [-0.39, 0.29) is 11.3 Å². The molecule has 1 saturated carbocycles. The third kappa shape index (κ3) is 6.44. The molecule has 3 N–H and O–H groups in total. The molecule has 0 unspecified atom stereocenters. The number of hydrogen-bond donors (Lipinski definition) is 3. The highest BCUT2D eigenvalue weighted by atomic mass is 16.5. The molecule has 8 nitrogen and oxygen atoms in total. The summed E-state index contributed by atoms with van der Waals surface area (Å²) in [6.45, 7) is 2.47. The molecule has 1 aromatic carbocycles. The number of nitrogens with zero attached hydrogens (tertiary/aromatic N) is 2. The zero-order valence-corrected chi connectivity index (χ0v) is 25.8. The van der Waals surface area contributed by atoms with Crippen molar-refractivity contribution in [3.63, 3.8) is 0 Å². The summed E-state index contributed by atoms with van der Waals surface area (Å²) in [5, 5.41) is 6.79. The number of hydrogen-bond acceptors (Lipinski definition) is 6. The lowest BCUT2D eigenvalue weighted by atomic mass is 9.71. The van der Waals surface area contributed by atoms with Crippen LogP contribution in [-0.2, 0) is 29.5 Å². The number of H-pyrrole nitrogens is 1. The number of fused-ring (bicyclic) bond motifs is 1. The minimum Gasteiger partial charge on any atom is -0.495 e. The van der Waals surface area contributed by atoms with Gasteiger partial charge >= 0.3 is 0 Å². The average molecular weight is 594 g/mol. The Labute approximate surface area is 259 Å². The van der Waals surface area contributed by atoms with Gasteiger partial charge in [-0.1, -0.05) is 61.7 Å². The van der Waals surface area contributed by atoms with Gasteiger partial charge in [-0.05, 0) is 62.3 Å². The number of benzene rings is 1. The van der Waals surface area contributed by atoms with Crippen LogP contribution in [0.5, 0.6) is 5.75 Å². The number of ether oxygens (including phenoxy) is 1. The lowest BCUT2D eigenvalue weighted by Crippen LogP contribution is -2.55. The number of pyridine rings is 1. The maximum absolute atomic E-state index is 14.4. The molecule has 2 aliphatic rings. The van der Waals surface area contributed by atoms with E-state index in [2.05, 4.69) is 40.0 Å². The number of anilines is 1. The number of rotatable bonds is 10. The number of amides is 1. The van der Waals surface area contributed by atoms with Gasteiger partial charge in [-0.15, -0.1) is 0 Å². The third-order valence-corrected chi connectivity index (χ3v) is 9.37. The summed E-state index contributed by atoms with van der Waals surface area (Å²) in [6, 6.07) is 14.3. The highest BCUT2D eigenvalue weighted by Gasteiger charge is 2.40. The Balaban J connectivity index is 1.28. The Bertz CT molecular complexity index is 1570. The zero-order valence-electron chi connectivity index (χ0n) is 25.8. The minimum atomic E-state index is -1.02. The van der Waals surface area contributed by atoms with E-state index in [4.69, 9.17) is 19.1 Å². The van der Waals surface area contributed by atoms with Gasteiger partial charge in [-0.3, -0.25) is 9.78 Å². The molecule has 6 rings (SSSR count). The number of aromatic nitrogens is 3. The summed E-state index contributed by atoms with van der Waals surface area (Å²) in [5.74, 6) is 0.647. The van der Waals surface area contributed by atoms with Gasteiger partial charge in [0.2, 0.25) is 5.91 Å². The van der Waals surface area contributed by atoms with Crippen molar-refractivity contribution in [1.82, 2.24) is 20.3 Å². The smallest absolute Gasteiger partial charge is 0.295 e. The predicted molar refractivity (Wildman–Crippen MR) is 173 cm³/mol. The van der Waals surface area contributed by atoms with Crippen molar-refractivity contribution in [2.24, 2.45) is 0 Å². The second-order valence-corrected chi connectivity index (χ2v) is 12.5. The first-order valence-corrected chi connectivity index (χ1v) is 15.9.